The number of amides is 1. The van der Waals surface area contributed by atoms with E-state index in [1.165, 1.54) is 30.5 Å². The number of fused-ring (bicyclic) bond motifs is 1. The van der Waals surface area contributed by atoms with Crippen LogP contribution in [0.25, 0.3) is 33.5 Å². The van der Waals surface area contributed by atoms with E-state index in [2.05, 4.69) is 41.1 Å². The molecule has 0 N–H and O–H groups in total. The molecule has 0 bridgehead atoms. The Bertz CT molecular complexity index is 1460. The average molecular weight is 510 g/mol. The lowest BCUT2D eigenvalue weighted by molar-refractivity contribution is 0.0664. The predicted octanol–water partition coefficient (Wildman–Crippen LogP) is 5.09. The van der Waals surface area contributed by atoms with E-state index in [9.17, 15) is 9.18 Å². The second-order valence-electron chi connectivity index (χ2n) is 10.4. The van der Waals surface area contributed by atoms with E-state index in [1.807, 2.05) is 23.1 Å². The molecule has 2 aliphatic heterocycles. The molecular weight excluding hydrogens is 477 g/mol. The molecule has 38 heavy (non-hydrogen) atoms. The Balaban J connectivity index is 1.41. The van der Waals surface area contributed by atoms with Gasteiger partial charge in [-0.15, -0.1) is 0 Å². The number of likely N-dealkylation sites (N-methyl/N-ethyl adjacent to an activating group) is 1. The van der Waals surface area contributed by atoms with Crippen molar-refractivity contribution in [3.8, 4) is 22.5 Å². The Morgan fingerprint density at radius 2 is 1.50 bits per heavy atom. The van der Waals surface area contributed by atoms with Crippen molar-refractivity contribution in [2.75, 3.05) is 46.3 Å². The number of nitrogens with zero attached hydrogens (tertiary/aromatic N) is 5. The van der Waals surface area contributed by atoms with Crippen LogP contribution in [0.3, 0.4) is 0 Å². The summed E-state index contributed by atoms with van der Waals surface area (Å²) in [6.07, 6.45) is 2.50. The Kier molecular flexibility index (Phi) is 6.87. The van der Waals surface area contributed by atoms with E-state index in [0.29, 0.717) is 22.3 Å². The number of rotatable bonds is 5. The summed E-state index contributed by atoms with van der Waals surface area (Å²) in [6.45, 7) is 6.35. The van der Waals surface area contributed by atoms with E-state index in [-0.39, 0.29) is 11.7 Å². The van der Waals surface area contributed by atoms with Crippen LogP contribution >= 0.6 is 0 Å². The molecule has 0 spiro atoms. The van der Waals surface area contributed by atoms with Crippen molar-refractivity contribution < 1.29 is 9.18 Å². The molecule has 6 rings (SSSR count). The molecule has 2 fully saturated rings. The lowest BCUT2D eigenvalue weighted by Crippen LogP contribution is -2.47. The van der Waals surface area contributed by atoms with Gasteiger partial charge in [0.15, 0.2) is 0 Å². The summed E-state index contributed by atoms with van der Waals surface area (Å²) in [4.78, 5) is 29.9. The fourth-order valence-electron chi connectivity index (χ4n) is 5.41. The van der Waals surface area contributed by atoms with E-state index in [4.69, 9.17) is 9.97 Å². The van der Waals surface area contributed by atoms with Gasteiger partial charge in [0, 0.05) is 49.4 Å². The highest BCUT2D eigenvalue weighted by Gasteiger charge is 2.22. The lowest BCUT2D eigenvalue weighted by Gasteiger charge is -2.32. The van der Waals surface area contributed by atoms with Gasteiger partial charge in [0.05, 0.1) is 22.4 Å². The van der Waals surface area contributed by atoms with Gasteiger partial charge in [-0.25, -0.2) is 14.4 Å². The minimum absolute atomic E-state index is 0.0265. The molecule has 0 radical (unpaired) electrons. The Morgan fingerprint density at radius 1 is 0.789 bits per heavy atom. The lowest BCUT2D eigenvalue weighted by atomic mass is 10.0. The zero-order valence-corrected chi connectivity index (χ0v) is 21.7. The molecule has 0 aliphatic carbocycles. The van der Waals surface area contributed by atoms with Crippen molar-refractivity contribution in [1.82, 2.24) is 24.7 Å². The van der Waals surface area contributed by atoms with Gasteiger partial charge in [0.2, 0.25) is 0 Å². The third-order valence-corrected chi connectivity index (χ3v) is 7.62. The maximum Gasteiger partial charge on any atom is 0.254 e. The standard InChI is InChI=1S/C31H32FN5O/c1-35-15-17-37(18-16-35)31(38)25-9-12-27-28(20-25)34-30(29(33-27)23-7-10-26(32)11-8-23)24-6-4-5-22(19-24)21-36-13-2-3-14-36/h4-12,19-20H,2-3,13-18,21H2,1H3. The minimum Gasteiger partial charge on any atom is -0.336 e. The summed E-state index contributed by atoms with van der Waals surface area (Å²) >= 11 is 0. The highest BCUT2D eigenvalue weighted by atomic mass is 19.1. The summed E-state index contributed by atoms with van der Waals surface area (Å²) in [5, 5.41) is 0. The average Bonchev–Trinajstić information content (AvgIpc) is 3.46. The molecule has 2 saturated heterocycles. The maximum absolute atomic E-state index is 13.7. The van der Waals surface area contributed by atoms with Gasteiger partial charge < -0.3 is 9.80 Å². The number of carbonyl (C=O) groups excluding carboxylic acids is 1. The fraction of sp³-hybridized carbons (Fsp3) is 0.323. The molecule has 2 aliphatic rings. The zero-order chi connectivity index (χ0) is 26.1. The van der Waals surface area contributed by atoms with Gasteiger partial charge in [0.1, 0.15) is 5.82 Å². The molecule has 4 aromatic rings. The van der Waals surface area contributed by atoms with Gasteiger partial charge in [0.25, 0.3) is 5.91 Å². The SMILES string of the molecule is CN1CCN(C(=O)c2ccc3nc(-c4ccc(F)cc4)c(-c4cccc(CN5CCCC5)c4)nc3c2)CC1. The molecule has 194 valence electrons. The molecule has 7 heteroatoms. The normalized spacial score (nSPS) is 16.8. The van der Waals surface area contributed by atoms with Gasteiger partial charge in [-0.2, -0.15) is 0 Å². The topological polar surface area (TPSA) is 52.6 Å². The minimum atomic E-state index is -0.288. The number of likely N-dealkylation sites (tertiary alicyclic amines) is 1. The quantitative estimate of drug-likeness (QED) is 0.375. The molecule has 3 aromatic carbocycles. The van der Waals surface area contributed by atoms with Gasteiger partial charge in [-0.3, -0.25) is 9.69 Å². The van der Waals surface area contributed by atoms with E-state index in [0.717, 1.165) is 62.6 Å². The first-order valence-corrected chi connectivity index (χ1v) is 13.4. The summed E-state index contributed by atoms with van der Waals surface area (Å²) in [5.74, 6) is -0.262. The largest absolute Gasteiger partial charge is 0.336 e. The number of halogens is 1. The van der Waals surface area contributed by atoms with Crippen LogP contribution in [-0.2, 0) is 6.54 Å². The van der Waals surface area contributed by atoms with Crippen LogP contribution in [0.15, 0.2) is 66.7 Å². The summed E-state index contributed by atoms with van der Waals surface area (Å²) in [7, 11) is 2.08. The second-order valence-corrected chi connectivity index (χ2v) is 10.4. The molecular formula is C31H32FN5O. The molecule has 0 atom stereocenters. The van der Waals surface area contributed by atoms with Crippen LogP contribution in [0.1, 0.15) is 28.8 Å². The van der Waals surface area contributed by atoms with Crippen molar-refractivity contribution in [2.45, 2.75) is 19.4 Å². The number of benzene rings is 3. The molecule has 1 amide bonds. The first-order valence-electron chi connectivity index (χ1n) is 13.4. The molecule has 6 nitrogen and oxygen atoms in total. The van der Waals surface area contributed by atoms with Crippen molar-refractivity contribution in [1.29, 1.82) is 0 Å². The summed E-state index contributed by atoms with van der Waals surface area (Å²) < 4.78 is 13.7. The van der Waals surface area contributed by atoms with Gasteiger partial charge in [-0.1, -0.05) is 18.2 Å². The van der Waals surface area contributed by atoms with Crippen LogP contribution in [0, 0.1) is 5.82 Å². The number of aromatic nitrogens is 2. The van der Waals surface area contributed by atoms with E-state index < -0.39 is 0 Å². The van der Waals surface area contributed by atoms with E-state index >= 15 is 0 Å². The highest BCUT2D eigenvalue weighted by molar-refractivity contribution is 5.98. The Morgan fingerprint density at radius 3 is 2.26 bits per heavy atom. The number of piperazine rings is 1. The Labute approximate surface area is 222 Å². The van der Waals surface area contributed by atoms with Gasteiger partial charge in [-0.05, 0) is 87.1 Å². The van der Waals surface area contributed by atoms with Crippen LogP contribution < -0.4 is 0 Å². The molecule has 0 saturated carbocycles. The summed E-state index contributed by atoms with van der Waals surface area (Å²) in [5.41, 5.74) is 6.44. The third kappa shape index (κ3) is 5.17. The van der Waals surface area contributed by atoms with Crippen LogP contribution in [0.4, 0.5) is 4.39 Å². The van der Waals surface area contributed by atoms with Crippen LogP contribution in [-0.4, -0.2) is 76.9 Å². The molecule has 3 heterocycles. The summed E-state index contributed by atoms with van der Waals surface area (Å²) in [6, 6.07) is 20.4. The van der Waals surface area contributed by atoms with E-state index in [1.54, 1.807) is 12.1 Å². The highest BCUT2D eigenvalue weighted by Crippen LogP contribution is 2.32. The van der Waals surface area contributed by atoms with Gasteiger partial charge >= 0.3 is 0 Å². The first-order chi connectivity index (χ1) is 18.5. The number of hydrogen-bond acceptors (Lipinski definition) is 5. The molecule has 1 aromatic heterocycles. The first kappa shape index (κ1) is 24.6. The van der Waals surface area contributed by atoms with Crippen molar-refractivity contribution in [3.63, 3.8) is 0 Å². The van der Waals surface area contributed by atoms with Crippen molar-refractivity contribution in [2.24, 2.45) is 0 Å². The van der Waals surface area contributed by atoms with Crippen molar-refractivity contribution in [3.05, 3.63) is 83.7 Å². The number of hydrogen-bond donors (Lipinski definition) is 0. The smallest absolute Gasteiger partial charge is 0.254 e. The third-order valence-electron chi connectivity index (χ3n) is 7.62. The van der Waals surface area contributed by atoms with Crippen LogP contribution in [0.5, 0.6) is 0 Å². The fourth-order valence-corrected chi connectivity index (χ4v) is 5.41. The van der Waals surface area contributed by atoms with Crippen molar-refractivity contribution >= 4 is 16.9 Å². The molecule has 0 unspecified atom stereocenters. The maximum atomic E-state index is 13.7. The van der Waals surface area contributed by atoms with Crippen LogP contribution in [0.2, 0.25) is 0 Å². The second kappa shape index (κ2) is 10.6. The Hall–Kier alpha value is -3.68. The monoisotopic (exact) mass is 509 g/mol. The number of carbonyl (C=O) groups is 1. The predicted molar refractivity (Wildman–Crippen MR) is 148 cm³/mol. The zero-order valence-electron chi connectivity index (χ0n) is 21.7.